The number of aromatic nitrogens is 1. The van der Waals surface area contributed by atoms with Crippen molar-refractivity contribution in [2.45, 2.75) is 13.8 Å². The molecule has 4 nitrogen and oxygen atoms in total. The predicted molar refractivity (Wildman–Crippen MR) is 105 cm³/mol. The van der Waals surface area contributed by atoms with Crippen LogP contribution in [0.5, 0.6) is 0 Å². The van der Waals surface area contributed by atoms with Crippen molar-refractivity contribution in [1.29, 1.82) is 0 Å². The minimum absolute atomic E-state index is 0.0804. The van der Waals surface area contributed by atoms with Crippen LogP contribution in [0.4, 0.5) is 0 Å². The molecule has 6 rings (SSSR count). The number of hydrogen-bond donors (Lipinski definition) is 0. The Bertz CT molecular complexity index is 1380. The van der Waals surface area contributed by atoms with Crippen molar-refractivity contribution in [2.75, 3.05) is 0 Å². The normalized spacial score (nSPS) is 12.5. The minimum atomic E-state index is -1.20. The van der Waals surface area contributed by atoms with E-state index in [0.717, 1.165) is 44.4 Å². The van der Waals surface area contributed by atoms with Gasteiger partial charge in [0, 0.05) is 28.8 Å². The van der Waals surface area contributed by atoms with Gasteiger partial charge in [-0.15, -0.1) is 0 Å². The zero-order chi connectivity index (χ0) is 19.7. The van der Waals surface area contributed by atoms with Crippen LogP contribution in [-0.4, -0.2) is 11.8 Å². The number of para-hydroxylation sites is 1. The van der Waals surface area contributed by atoms with Gasteiger partial charge in [0.05, 0.1) is 16.7 Å². The number of carboxylic acids is 1. The fraction of sp³-hybridized carbons (Fsp3) is 0.125. The van der Waals surface area contributed by atoms with Crippen molar-refractivity contribution >= 4 is 33.6 Å². The summed E-state index contributed by atoms with van der Waals surface area (Å²) in [6.45, 7) is 3.90. The second-order valence-corrected chi connectivity index (χ2v) is 7.42. The summed E-state index contributed by atoms with van der Waals surface area (Å²) in [5, 5.41) is 13.3. The SMILES string of the molecule is Cc1cc(-c2ccc3c(c2)c(C(=O)[O-])c2ccccc2[n+]3C)c2c(C)c1C2=O. The van der Waals surface area contributed by atoms with Gasteiger partial charge in [-0.1, -0.05) is 12.1 Å². The Balaban J connectivity index is 1.89. The summed E-state index contributed by atoms with van der Waals surface area (Å²) >= 11 is 0. The number of rotatable bonds is 2. The molecule has 0 amide bonds. The highest BCUT2D eigenvalue weighted by molar-refractivity contribution is 6.24. The molecular formula is C24H17NO3. The third-order valence-electron chi connectivity index (χ3n) is 5.91. The lowest BCUT2D eigenvalue weighted by Gasteiger charge is -2.26. The third-order valence-corrected chi connectivity index (χ3v) is 5.91. The van der Waals surface area contributed by atoms with Crippen molar-refractivity contribution < 1.29 is 19.3 Å². The molecule has 3 aromatic carbocycles. The Morgan fingerprint density at radius 2 is 1.64 bits per heavy atom. The first kappa shape index (κ1) is 16.6. The van der Waals surface area contributed by atoms with Crippen LogP contribution < -0.4 is 9.67 Å². The molecule has 136 valence electrons. The van der Waals surface area contributed by atoms with Gasteiger partial charge in [0.15, 0.2) is 5.78 Å². The zero-order valence-electron chi connectivity index (χ0n) is 15.8. The van der Waals surface area contributed by atoms with Crippen molar-refractivity contribution in [1.82, 2.24) is 0 Å². The van der Waals surface area contributed by atoms with Gasteiger partial charge in [-0.25, -0.2) is 0 Å². The smallest absolute Gasteiger partial charge is 0.213 e. The molecule has 1 heterocycles. The second-order valence-electron chi connectivity index (χ2n) is 7.42. The number of carboxylic acid groups (broad SMARTS) is 1. The van der Waals surface area contributed by atoms with Crippen LogP contribution in [0, 0.1) is 13.8 Å². The summed E-state index contributed by atoms with van der Waals surface area (Å²) in [6.07, 6.45) is 0. The lowest BCUT2D eigenvalue weighted by molar-refractivity contribution is -0.617. The van der Waals surface area contributed by atoms with Gasteiger partial charge < -0.3 is 9.90 Å². The van der Waals surface area contributed by atoms with Gasteiger partial charge in [0.25, 0.3) is 0 Å². The number of carbonyl (C=O) groups is 2. The van der Waals surface area contributed by atoms with E-state index in [0.29, 0.717) is 10.8 Å². The van der Waals surface area contributed by atoms with Crippen molar-refractivity contribution in [3.05, 3.63) is 76.3 Å². The summed E-state index contributed by atoms with van der Waals surface area (Å²) in [7, 11) is 1.92. The van der Waals surface area contributed by atoms with Crippen LogP contribution in [0.15, 0.2) is 48.5 Å². The average Bonchev–Trinajstić information content (AvgIpc) is 2.67. The van der Waals surface area contributed by atoms with Crippen molar-refractivity contribution in [3.8, 4) is 11.1 Å². The molecule has 0 saturated heterocycles. The lowest BCUT2D eigenvalue weighted by Crippen LogP contribution is -2.33. The van der Waals surface area contributed by atoms with Crippen LogP contribution in [0.2, 0.25) is 0 Å². The minimum Gasteiger partial charge on any atom is -0.545 e. The molecule has 4 heteroatoms. The first-order valence-electron chi connectivity index (χ1n) is 9.15. The van der Waals surface area contributed by atoms with Gasteiger partial charge in [-0.2, -0.15) is 4.57 Å². The molecule has 0 radical (unpaired) electrons. The molecule has 0 unspecified atom stereocenters. The van der Waals surface area contributed by atoms with Gasteiger partial charge >= 0.3 is 0 Å². The lowest BCUT2D eigenvalue weighted by atomic mass is 9.75. The standard InChI is InChI=1S/C24H17NO3/c1-12-10-16(21-13(2)20(12)23(21)26)14-8-9-19-17(11-14)22(24(27)28)15-6-4-5-7-18(15)25(19)3/h4-11H,1-3H3. The average molecular weight is 367 g/mol. The molecule has 2 aliphatic carbocycles. The fourth-order valence-electron chi connectivity index (χ4n) is 4.58. The Hall–Kier alpha value is -3.53. The molecule has 1 aromatic heterocycles. The Morgan fingerprint density at radius 1 is 0.929 bits per heavy atom. The third kappa shape index (κ3) is 1.97. The van der Waals surface area contributed by atoms with Gasteiger partial charge in [0.2, 0.25) is 11.0 Å². The molecule has 4 aromatic rings. The number of benzene rings is 3. The largest absolute Gasteiger partial charge is 0.545 e. The molecule has 0 atom stereocenters. The van der Waals surface area contributed by atoms with E-state index in [1.807, 2.05) is 67.9 Å². The maximum Gasteiger partial charge on any atom is 0.213 e. The zero-order valence-corrected chi connectivity index (χ0v) is 15.8. The van der Waals surface area contributed by atoms with Crippen LogP contribution in [0.25, 0.3) is 32.9 Å². The number of aryl methyl sites for hydroxylation is 3. The van der Waals surface area contributed by atoms with Gasteiger partial charge in [0.1, 0.15) is 7.05 Å². The summed E-state index contributed by atoms with van der Waals surface area (Å²) in [5.74, 6) is -1.12. The fourth-order valence-corrected chi connectivity index (χ4v) is 4.58. The van der Waals surface area contributed by atoms with Crippen molar-refractivity contribution in [3.63, 3.8) is 0 Å². The summed E-state index contributed by atoms with van der Waals surface area (Å²) < 4.78 is 1.98. The van der Waals surface area contributed by atoms with Gasteiger partial charge in [-0.05, 0) is 60.4 Å². The number of carbonyl (C=O) groups excluding carboxylic acids is 2. The van der Waals surface area contributed by atoms with E-state index in [2.05, 4.69) is 0 Å². The monoisotopic (exact) mass is 367 g/mol. The number of ketones is 1. The molecule has 0 saturated carbocycles. The van der Waals surface area contributed by atoms with Crippen LogP contribution >= 0.6 is 0 Å². The predicted octanol–water partition coefficient (Wildman–Crippen LogP) is 3.01. The number of pyridine rings is 1. The second kappa shape index (κ2) is 5.49. The number of fused-ring (bicyclic) bond motifs is 4. The highest BCUT2D eigenvalue weighted by Gasteiger charge is 2.32. The molecule has 2 aliphatic rings. The van der Waals surface area contributed by atoms with Crippen LogP contribution in [0.3, 0.4) is 0 Å². The molecule has 28 heavy (non-hydrogen) atoms. The summed E-state index contributed by atoms with van der Waals surface area (Å²) in [5.41, 5.74) is 7.03. The maximum absolute atomic E-state index is 12.5. The van der Waals surface area contributed by atoms with E-state index in [-0.39, 0.29) is 11.3 Å². The van der Waals surface area contributed by atoms with Crippen LogP contribution in [-0.2, 0) is 7.05 Å². The number of nitrogens with zero attached hydrogens (tertiary/aromatic N) is 1. The van der Waals surface area contributed by atoms with Crippen molar-refractivity contribution in [2.24, 2.45) is 7.05 Å². The van der Waals surface area contributed by atoms with E-state index in [1.54, 1.807) is 6.07 Å². The molecule has 0 spiro atoms. The first-order chi connectivity index (χ1) is 13.4. The van der Waals surface area contributed by atoms with E-state index >= 15 is 0 Å². The van der Waals surface area contributed by atoms with E-state index < -0.39 is 5.97 Å². The highest BCUT2D eigenvalue weighted by atomic mass is 16.4. The Labute approximate surface area is 161 Å². The summed E-state index contributed by atoms with van der Waals surface area (Å²) in [4.78, 5) is 24.5. The Morgan fingerprint density at radius 3 is 2.32 bits per heavy atom. The quantitative estimate of drug-likeness (QED) is 0.356. The highest BCUT2D eigenvalue weighted by Crippen LogP contribution is 2.40. The van der Waals surface area contributed by atoms with E-state index in [1.165, 1.54) is 0 Å². The first-order valence-corrected chi connectivity index (χ1v) is 9.15. The molecule has 0 aliphatic heterocycles. The number of hydrogen-bond acceptors (Lipinski definition) is 3. The molecule has 0 N–H and O–H groups in total. The van der Waals surface area contributed by atoms with Gasteiger partial charge in [-0.3, -0.25) is 4.79 Å². The van der Waals surface area contributed by atoms with E-state index in [4.69, 9.17) is 0 Å². The van der Waals surface area contributed by atoms with Crippen LogP contribution in [0.1, 0.15) is 37.4 Å². The molecule has 2 bridgehead atoms. The topological polar surface area (TPSA) is 61.1 Å². The Kier molecular flexibility index (Phi) is 3.26. The summed E-state index contributed by atoms with van der Waals surface area (Å²) in [6, 6.07) is 15.2. The number of aromatic carboxylic acids is 1. The molecule has 0 fully saturated rings. The maximum atomic E-state index is 12.5. The molecular weight excluding hydrogens is 350 g/mol. The van der Waals surface area contributed by atoms with E-state index in [9.17, 15) is 14.7 Å².